The number of hydrogen-bond acceptors (Lipinski definition) is 3. The summed E-state index contributed by atoms with van der Waals surface area (Å²) in [7, 11) is 3.56. The van der Waals surface area contributed by atoms with Gasteiger partial charge >= 0.3 is 0 Å². The van der Waals surface area contributed by atoms with Crippen molar-refractivity contribution in [3.05, 3.63) is 29.8 Å². The summed E-state index contributed by atoms with van der Waals surface area (Å²) in [4.78, 5) is 16.3. The van der Waals surface area contributed by atoms with E-state index in [1.807, 2.05) is 38.1 Å². The number of ether oxygens (including phenoxy) is 1. The van der Waals surface area contributed by atoms with Crippen LogP contribution in [-0.4, -0.2) is 39.2 Å². The summed E-state index contributed by atoms with van der Waals surface area (Å²) in [6.45, 7) is 6.46. The van der Waals surface area contributed by atoms with Gasteiger partial charge in [-0.3, -0.25) is 9.79 Å². The van der Waals surface area contributed by atoms with Gasteiger partial charge in [-0.25, -0.2) is 0 Å². The van der Waals surface area contributed by atoms with Crippen molar-refractivity contribution in [3.63, 3.8) is 0 Å². The van der Waals surface area contributed by atoms with Gasteiger partial charge in [0.2, 0.25) is 5.91 Å². The van der Waals surface area contributed by atoms with Crippen LogP contribution in [0.25, 0.3) is 0 Å². The summed E-state index contributed by atoms with van der Waals surface area (Å²) >= 11 is 0. The molecular weight excluding hydrogens is 352 g/mol. The molecule has 0 heterocycles. The fraction of sp³-hybridized carbons (Fsp3) is 0.636. The predicted molar refractivity (Wildman–Crippen MR) is 116 cm³/mol. The van der Waals surface area contributed by atoms with Gasteiger partial charge < -0.3 is 20.7 Å². The lowest BCUT2D eigenvalue weighted by molar-refractivity contribution is -0.116. The number of hydrogen-bond donors (Lipinski definition) is 3. The van der Waals surface area contributed by atoms with Crippen LogP contribution in [0.15, 0.2) is 29.3 Å². The Morgan fingerprint density at radius 1 is 1.29 bits per heavy atom. The number of carbonyl (C=O) groups is 1. The highest BCUT2D eigenvalue weighted by molar-refractivity contribution is 5.90. The summed E-state index contributed by atoms with van der Waals surface area (Å²) in [5.41, 5.74) is 2.28. The summed E-state index contributed by atoms with van der Waals surface area (Å²) < 4.78 is 5.27. The molecule has 0 unspecified atom stereocenters. The molecule has 2 rings (SSSR count). The van der Waals surface area contributed by atoms with Crippen molar-refractivity contribution in [2.24, 2.45) is 16.3 Å². The second kappa shape index (κ2) is 11.1. The molecule has 3 N–H and O–H groups in total. The summed E-state index contributed by atoms with van der Waals surface area (Å²) in [5.74, 6) is 1.21. The topological polar surface area (TPSA) is 74.8 Å². The van der Waals surface area contributed by atoms with E-state index in [1.165, 1.54) is 19.3 Å². The number of guanidine groups is 1. The number of amides is 1. The molecule has 1 amide bonds. The first-order chi connectivity index (χ1) is 13.5. The average Bonchev–Trinajstić information content (AvgIpc) is 2.62. The normalized spacial score (nSPS) is 15.8. The van der Waals surface area contributed by atoms with Crippen molar-refractivity contribution in [1.29, 1.82) is 0 Å². The molecule has 28 heavy (non-hydrogen) atoms. The third-order valence-electron chi connectivity index (χ3n) is 5.37. The van der Waals surface area contributed by atoms with E-state index >= 15 is 0 Å². The van der Waals surface area contributed by atoms with E-state index in [-0.39, 0.29) is 5.91 Å². The molecule has 1 fully saturated rings. The summed E-state index contributed by atoms with van der Waals surface area (Å²) in [5, 5.41) is 9.81. The Morgan fingerprint density at radius 3 is 2.68 bits per heavy atom. The van der Waals surface area contributed by atoms with Crippen LogP contribution in [0.5, 0.6) is 0 Å². The predicted octanol–water partition coefficient (Wildman–Crippen LogP) is 3.54. The zero-order valence-corrected chi connectivity index (χ0v) is 17.8. The monoisotopic (exact) mass is 388 g/mol. The number of nitrogens with one attached hydrogen (secondary N) is 3. The first-order valence-electron chi connectivity index (χ1n) is 10.3. The lowest BCUT2D eigenvalue weighted by Crippen LogP contribution is -2.46. The standard InChI is InChI=1S/C22H36N4O2/c1-17(2)13-20(27)26-19-8-5-7-18(14-19)15-24-21(23-3)25-16-22(9-6-10-22)11-12-28-4/h5,7-8,14,17H,6,9-13,15-16H2,1-4H3,(H,26,27)(H2,23,24,25). The molecule has 1 saturated carbocycles. The molecule has 1 aliphatic carbocycles. The first-order valence-corrected chi connectivity index (χ1v) is 10.3. The van der Waals surface area contributed by atoms with Gasteiger partial charge in [0.05, 0.1) is 0 Å². The Labute approximate surface area is 169 Å². The van der Waals surface area contributed by atoms with E-state index < -0.39 is 0 Å². The van der Waals surface area contributed by atoms with E-state index in [1.54, 1.807) is 14.2 Å². The van der Waals surface area contributed by atoms with Crippen molar-refractivity contribution in [2.75, 3.05) is 32.6 Å². The minimum absolute atomic E-state index is 0.0550. The molecule has 6 heteroatoms. The number of benzene rings is 1. The van der Waals surface area contributed by atoms with Gasteiger partial charge in [0.15, 0.2) is 5.96 Å². The third kappa shape index (κ3) is 7.15. The van der Waals surface area contributed by atoms with Crippen molar-refractivity contribution in [3.8, 4) is 0 Å². The SMILES string of the molecule is CN=C(NCc1cccc(NC(=O)CC(C)C)c1)NCC1(CCOC)CCC1. The minimum atomic E-state index is 0.0550. The van der Waals surface area contributed by atoms with E-state index in [9.17, 15) is 4.79 Å². The lowest BCUT2D eigenvalue weighted by atomic mass is 9.67. The molecule has 0 bridgehead atoms. The summed E-state index contributed by atoms with van der Waals surface area (Å²) in [6, 6.07) is 7.94. The van der Waals surface area contributed by atoms with Gasteiger partial charge in [-0.2, -0.15) is 0 Å². The number of carbonyl (C=O) groups excluding carboxylic acids is 1. The Balaban J connectivity index is 1.83. The molecule has 0 aromatic heterocycles. The van der Waals surface area contributed by atoms with Gasteiger partial charge in [0.1, 0.15) is 0 Å². The molecule has 0 spiro atoms. The van der Waals surface area contributed by atoms with E-state index in [4.69, 9.17) is 4.74 Å². The van der Waals surface area contributed by atoms with Crippen LogP contribution in [0.3, 0.4) is 0 Å². The highest BCUT2D eigenvalue weighted by atomic mass is 16.5. The second-order valence-corrected chi connectivity index (χ2v) is 8.22. The zero-order valence-electron chi connectivity index (χ0n) is 17.8. The van der Waals surface area contributed by atoms with Crippen LogP contribution in [0, 0.1) is 11.3 Å². The van der Waals surface area contributed by atoms with Gasteiger partial charge in [-0.15, -0.1) is 0 Å². The molecule has 0 aliphatic heterocycles. The minimum Gasteiger partial charge on any atom is -0.385 e. The Bertz CT molecular complexity index is 654. The summed E-state index contributed by atoms with van der Waals surface area (Å²) in [6.07, 6.45) is 5.42. The van der Waals surface area contributed by atoms with Crippen LogP contribution >= 0.6 is 0 Å². The molecular formula is C22H36N4O2. The Hall–Kier alpha value is -2.08. The highest BCUT2D eigenvalue weighted by Gasteiger charge is 2.36. The van der Waals surface area contributed by atoms with E-state index in [2.05, 4.69) is 20.9 Å². The molecule has 156 valence electrons. The Kier molecular flexibility index (Phi) is 8.77. The van der Waals surface area contributed by atoms with Gasteiger partial charge in [0, 0.05) is 46.0 Å². The van der Waals surface area contributed by atoms with E-state index in [0.717, 1.165) is 36.8 Å². The van der Waals surface area contributed by atoms with Crippen LogP contribution < -0.4 is 16.0 Å². The number of aliphatic imine (C=N–C) groups is 1. The molecule has 0 atom stereocenters. The number of nitrogens with zero attached hydrogens (tertiary/aromatic N) is 1. The maximum absolute atomic E-state index is 12.0. The van der Waals surface area contributed by atoms with Gasteiger partial charge in [0.25, 0.3) is 0 Å². The second-order valence-electron chi connectivity index (χ2n) is 8.22. The molecule has 0 saturated heterocycles. The molecule has 6 nitrogen and oxygen atoms in total. The van der Waals surface area contributed by atoms with Crippen molar-refractivity contribution in [1.82, 2.24) is 10.6 Å². The lowest BCUT2D eigenvalue weighted by Gasteiger charge is -2.42. The molecule has 1 aromatic rings. The van der Waals surface area contributed by atoms with Crippen LogP contribution in [0.2, 0.25) is 0 Å². The number of rotatable bonds is 10. The Morgan fingerprint density at radius 2 is 2.07 bits per heavy atom. The van der Waals surface area contributed by atoms with Crippen molar-refractivity contribution >= 4 is 17.6 Å². The van der Waals surface area contributed by atoms with E-state index in [0.29, 0.717) is 24.3 Å². The zero-order chi connectivity index (χ0) is 20.4. The maximum Gasteiger partial charge on any atom is 0.224 e. The molecule has 1 aliphatic rings. The maximum atomic E-state index is 12.0. The largest absolute Gasteiger partial charge is 0.385 e. The van der Waals surface area contributed by atoms with Crippen LogP contribution in [0.4, 0.5) is 5.69 Å². The van der Waals surface area contributed by atoms with Gasteiger partial charge in [-0.05, 0) is 48.3 Å². The van der Waals surface area contributed by atoms with Crippen molar-refractivity contribution in [2.45, 2.75) is 52.5 Å². The average molecular weight is 389 g/mol. The quantitative estimate of drug-likeness (QED) is 0.423. The number of methoxy groups -OCH3 is 1. The highest BCUT2D eigenvalue weighted by Crippen LogP contribution is 2.43. The smallest absolute Gasteiger partial charge is 0.224 e. The van der Waals surface area contributed by atoms with Crippen LogP contribution in [0.1, 0.15) is 51.5 Å². The fourth-order valence-corrected chi connectivity index (χ4v) is 3.53. The van der Waals surface area contributed by atoms with Crippen molar-refractivity contribution < 1.29 is 9.53 Å². The van der Waals surface area contributed by atoms with Crippen LogP contribution in [-0.2, 0) is 16.1 Å². The third-order valence-corrected chi connectivity index (χ3v) is 5.37. The fourth-order valence-electron chi connectivity index (χ4n) is 3.53. The van der Waals surface area contributed by atoms with Gasteiger partial charge in [-0.1, -0.05) is 32.4 Å². The molecule has 0 radical (unpaired) electrons. The first kappa shape index (κ1) is 22.2. The number of anilines is 1. The molecule has 1 aromatic carbocycles.